The number of hydrogen-bond donors (Lipinski definition) is 0. The van der Waals surface area contributed by atoms with E-state index < -0.39 is 11.7 Å². The summed E-state index contributed by atoms with van der Waals surface area (Å²) in [4.78, 5) is 0. The predicted molar refractivity (Wildman–Crippen MR) is 41.8 cm³/mol. The van der Waals surface area contributed by atoms with Gasteiger partial charge in [-0.2, -0.15) is 37.8 Å². The zero-order chi connectivity index (χ0) is 10.5. The molecule has 5 heteroatoms. The second kappa shape index (κ2) is 5.51. The van der Waals surface area contributed by atoms with Crippen LogP contribution >= 0.6 is 9.69 Å². The molecule has 0 atom stereocenters. The maximum absolute atomic E-state index is 11.9. The van der Waals surface area contributed by atoms with Gasteiger partial charge in [-0.1, -0.05) is 0 Å². The summed E-state index contributed by atoms with van der Waals surface area (Å²) in [6.45, 7) is 3.48. The van der Waals surface area contributed by atoms with Gasteiger partial charge >= 0.3 is 33.2 Å². The van der Waals surface area contributed by atoms with Crippen LogP contribution in [0.3, 0.4) is 0 Å². The van der Waals surface area contributed by atoms with Gasteiger partial charge in [0.15, 0.2) is 0 Å². The number of hydrogen-bond acceptors (Lipinski definition) is 0. The summed E-state index contributed by atoms with van der Waals surface area (Å²) < 4.78 is 35.7. The molecule has 0 N–H and O–H groups in total. The molecule has 68 valence electrons. The molecule has 0 aliphatic rings. The summed E-state index contributed by atoms with van der Waals surface area (Å²) in [5.41, 5.74) is -0.0529. The van der Waals surface area contributed by atoms with Crippen LogP contribution in [-0.2, 0) is 23.5 Å². The normalized spacial score (nSPS) is 10.3. The van der Waals surface area contributed by atoms with E-state index in [1.54, 1.807) is 0 Å². The van der Waals surface area contributed by atoms with Gasteiger partial charge < -0.3 is 0 Å². The van der Waals surface area contributed by atoms with Crippen LogP contribution in [0, 0.1) is 6.92 Å². The average Bonchev–Trinajstić information content (AvgIpc) is 2.07. The molecule has 1 rings (SSSR count). The van der Waals surface area contributed by atoms with E-state index >= 15 is 0 Å². The van der Waals surface area contributed by atoms with Crippen molar-refractivity contribution in [3.63, 3.8) is 0 Å². The van der Waals surface area contributed by atoms with Crippen LogP contribution in [0.1, 0.15) is 11.1 Å². The quantitative estimate of drug-likeness (QED) is 0.494. The van der Waals surface area contributed by atoms with Gasteiger partial charge in [0.05, 0.1) is 0 Å². The van der Waals surface area contributed by atoms with Gasteiger partial charge in [-0.05, 0) is 0 Å². The van der Waals surface area contributed by atoms with Gasteiger partial charge in [-0.25, -0.2) is 0 Å². The van der Waals surface area contributed by atoms with E-state index in [0.717, 1.165) is 29.4 Å². The van der Waals surface area contributed by atoms with E-state index in [-0.39, 0.29) is 0 Å². The summed E-state index contributed by atoms with van der Waals surface area (Å²) in [6.07, 6.45) is -4.24. The Morgan fingerprint density at radius 3 is 1.77 bits per heavy atom. The summed E-state index contributed by atoms with van der Waals surface area (Å²) in [6, 6.07) is 4.70. The van der Waals surface area contributed by atoms with Crippen LogP contribution in [0.2, 0.25) is 0 Å². The van der Waals surface area contributed by atoms with Crippen molar-refractivity contribution < 1.29 is 30.5 Å². The average molecular weight is 260 g/mol. The molecule has 1 aromatic rings. The third-order valence-corrected chi connectivity index (χ3v) is 1.28. The fraction of sp³-hybridized carbons (Fsp3) is 0.125. The molecule has 13 heavy (non-hydrogen) atoms. The van der Waals surface area contributed by atoms with Crippen molar-refractivity contribution in [2.24, 2.45) is 0 Å². The van der Waals surface area contributed by atoms with Gasteiger partial charge in [0.1, 0.15) is 0 Å². The molecule has 0 saturated carbocycles. The zero-order valence-electron chi connectivity index (χ0n) is 6.74. The molecular formula is C8H6ClF3Zn. The zero-order valence-corrected chi connectivity index (χ0v) is 10.5. The first-order valence-corrected chi connectivity index (χ1v) is 7.16. The third kappa shape index (κ3) is 4.53. The molecule has 0 aliphatic carbocycles. The van der Waals surface area contributed by atoms with Gasteiger partial charge in [-0.3, -0.25) is 0 Å². The molecule has 0 saturated heterocycles. The molecule has 0 amide bonds. The Labute approximate surface area is 88.8 Å². The number of halogens is 4. The van der Waals surface area contributed by atoms with Crippen molar-refractivity contribution in [3.05, 3.63) is 42.3 Å². The molecule has 0 aliphatic heterocycles. The van der Waals surface area contributed by atoms with Gasteiger partial charge in [0.2, 0.25) is 0 Å². The number of alkyl halides is 3. The van der Waals surface area contributed by atoms with Gasteiger partial charge in [-0.15, -0.1) is 12.1 Å². The Morgan fingerprint density at radius 1 is 1.08 bits per heavy atom. The van der Waals surface area contributed by atoms with Crippen LogP contribution in [0.25, 0.3) is 0 Å². The van der Waals surface area contributed by atoms with Gasteiger partial charge in [0.25, 0.3) is 0 Å². The van der Waals surface area contributed by atoms with Crippen LogP contribution in [0.4, 0.5) is 13.2 Å². The summed E-state index contributed by atoms with van der Waals surface area (Å²) in [5.74, 6) is 0. The summed E-state index contributed by atoms with van der Waals surface area (Å²) in [7, 11) is 4.76. The molecule has 0 fully saturated rings. The summed E-state index contributed by atoms with van der Waals surface area (Å²) in [5, 5.41) is 0. The Kier molecular flexibility index (Phi) is 5.42. The van der Waals surface area contributed by atoms with Crippen molar-refractivity contribution in [2.45, 2.75) is 6.18 Å². The minimum atomic E-state index is -4.24. The van der Waals surface area contributed by atoms with Crippen molar-refractivity contribution >= 4 is 9.69 Å². The monoisotopic (exact) mass is 258 g/mol. The second-order valence-electron chi connectivity index (χ2n) is 2.19. The Hall–Kier alpha value is -0.207. The molecular weight excluding hydrogens is 254 g/mol. The van der Waals surface area contributed by atoms with Gasteiger partial charge in [0, 0.05) is 5.56 Å². The van der Waals surface area contributed by atoms with E-state index in [2.05, 4.69) is 6.92 Å². The van der Waals surface area contributed by atoms with Crippen LogP contribution in [0.5, 0.6) is 0 Å². The number of rotatable bonds is 0. The van der Waals surface area contributed by atoms with Crippen molar-refractivity contribution in [3.8, 4) is 0 Å². The topological polar surface area (TPSA) is 0 Å². The van der Waals surface area contributed by atoms with E-state index in [1.165, 1.54) is 12.1 Å². The van der Waals surface area contributed by atoms with E-state index in [1.807, 2.05) is 0 Å². The first-order valence-electron chi connectivity index (χ1n) is 3.26. The van der Waals surface area contributed by atoms with Crippen LogP contribution < -0.4 is 0 Å². The molecule has 0 radical (unpaired) electrons. The SMILES string of the molecule is [CH2-]c1ccc(C(F)(F)F)cc1.[Cl][Zn+]. The molecule has 0 heterocycles. The molecule has 0 nitrogen and oxygen atoms in total. The molecule has 0 bridgehead atoms. The predicted octanol–water partition coefficient (Wildman–Crippen LogP) is 3.57. The maximum atomic E-state index is 11.9. The molecule has 0 unspecified atom stereocenters. The van der Waals surface area contributed by atoms with Crippen molar-refractivity contribution in [1.82, 2.24) is 0 Å². The van der Waals surface area contributed by atoms with Crippen molar-refractivity contribution in [2.75, 3.05) is 0 Å². The number of benzene rings is 1. The fourth-order valence-corrected chi connectivity index (χ4v) is 0.694. The summed E-state index contributed by atoms with van der Waals surface area (Å²) >= 11 is 0.847. The third-order valence-electron chi connectivity index (χ3n) is 1.28. The first kappa shape index (κ1) is 12.8. The first-order chi connectivity index (χ1) is 6.00. The van der Waals surface area contributed by atoms with Crippen LogP contribution in [0.15, 0.2) is 24.3 Å². The minimum absolute atomic E-state index is 0.581. The van der Waals surface area contributed by atoms with E-state index in [4.69, 9.17) is 9.69 Å². The Bertz CT molecular complexity index is 243. The van der Waals surface area contributed by atoms with E-state index in [0.29, 0.717) is 5.56 Å². The Morgan fingerprint density at radius 2 is 1.46 bits per heavy atom. The van der Waals surface area contributed by atoms with Crippen molar-refractivity contribution in [1.29, 1.82) is 0 Å². The molecule has 0 aromatic heterocycles. The Balaban J connectivity index is 0.000000671. The second-order valence-corrected chi connectivity index (χ2v) is 2.19. The molecule has 0 spiro atoms. The van der Waals surface area contributed by atoms with Crippen LogP contribution in [-0.4, -0.2) is 0 Å². The molecule has 1 aromatic carbocycles. The fourth-order valence-electron chi connectivity index (χ4n) is 0.694. The standard InChI is InChI=1S/C8H6F3.ClH.Zn/c1-6-2-4-7(5-3-6)8(9,10)11;;/h2-5H,1H2;1H;/q-1;;+2/p-1. The van der Waals surface area contributed by atoms with E-state index in [9.17, 15) is 13.2 Å².